The molecule has 3 rings (SSSR count). The van der Waals surface area contributed by atoms with E-state index < -0.39 is 0 Å². The van der Waals surface area contributed by atoms with Crippen LogP contribution in [0.5, 0.6) is 0 Å². The molecule has 1 heterocycles. The van der Waals surface area contributed by atoms with Crippen LogP contribution in [0.25, 0.3) is 0 Å². The second-order valence-electron chi connectivity index (χ2n) is 5.91. The summed E-state index contributed by atoms with van der Waals surface area (Å²) in [7, 11) is 0. The molecule has 0 unspecified atom stereocenters. The van der Waals surface area contributed by atoms with E-state index in [0.29, 0.717) is 12.3 Å². The molecule has 0 aromatic heterocycles. The molecular formula is C19H21N3O. The van der Waals surface area contributed by atoms with Gasteiger partial charge in [0, 0.05) is 24.3 Å². The molecule has 0 saturated carbocycles. The Morgan fingerprint density at radius 2 is 2.00 bits per heavy atom. The van der Waals surface area contributed by atoms with Crippen molar-refractivity contribution < 1.29 is 4.79 Å². The number of amidine groups is 1. The molecule has 118 valence electrons. The highest BCUT2D eigenvalue weighted by Crippen LogP contribution is 2.27. The molecule has 1 amide bonds. The van der Waals surface area contributed by atoms with E-state index in [1.54, 1.807) is 0 Å². The van der Waals surface area contributed by atoms with E-state index >= 15 is 0 Å². The van der Waals surface area contributed by atoms with Gasteiger partial charge < -0.3 is 10.2 Å². The number of hydrogen-bond donors (Lipinski definition) is 2. The van der Waals surface area contributed by atoms with Crippen molar-refractivity contribution >= 4 is 23.1 Å². The van der Waals surface area contributed by atoms with Crippen LogP contribution in [-0.4, -0.2) is 18.3 Å². The lowest BCUT2D eigenvalue weighted by Gasteiger charge is -2.21. The highest BCUT2D eigenvalue weighted by atomic mass is 16.1. The minimum atomic E-state index is -0.0164. The van der Waals surface area contributed by atoms with Crippen molar-refractivity contribution in [3.63, 3.8) is 0 Å². The van der Waals surface area contributed by atoms with Gasteiger partial charge in [0.05, 0.1) is 6.42 Å². The quantitative estimate of drug-likeness (QED) is 0.903. The summed E-state index contributed by atoms with van der Waals surface area (Å²) in [4.78, 5) is 14.2. The molecule has 1 aliphatic heterocycles. The minimum absolute atomic E-state index is 0.0164. The lowest BCUT2D eigenvalue weighted by atomic mass is 10.1. The highest BCUT2D eigenvalue weighted by Gasteiger charge is 2.20. The molecule has 2 aromatic carbocycles. The number of anilines is 2. The lowest BCUT2D eigenvalue weighted by Crippen LogP contribution is -2.24. The third kappa shape index (κ3) is 3.59. The summed E-state index contributed by atoms with van der Waals surface area (Å²) in [5.74, 6) is 0.659. The standard InChI is InChI=1S/C19H21N3O/c1-14-12-16(9-10-17(14)22-11-5-8-18(22)20)21-19(23)13-15-6-3-2-4-7-15/h2-4,6-7,9-10,12,20H,5,8,11,13H2,1H3,(H,21,23). The van der Waals surface area contributed by atoms with E-state index in [4.69, 9.17) is 5.41 Å². The molecule has 1 saturated heterocycles. The van der Waals surface area contributed by atoms with Gasteiger partial charge in [-0.25, -0.2) is 0 Å². The van der Waals surface area contributed by atoms with E-state index in [1.807, 2.05) is 60.4 Å². The van der Waals surface area contributed by atoms with Gasteiger partial charge >= 0.3 is 0 Å². The van der Waals surface area contributed by atoms with E-state index in [9.17, 15) is 4.79 Å². The van der Waals surface area contributed by atoms with Gasteiger partial charge in [0.1, 0.15) is 5.84 Å². The first kappa shape index (κ1) is 15.3. The van der Waals surface area contributed by atoms with Gasteiger partial charge in [-0.1, -0.05) is 30.3 Å². The van der Waals surface area contributed by atoms with Crippen molar-refractivity contribution in [3.8, 4) is 0 Å². The van der Waals surface area contributed by atoms with Crippen LogP contribution in [0.1, 0.15) is 24.0 Å². The molecule has 2 aromatic rings. The molecule has 0 bridgehead atoms. The number of nitrogens with one attached hydrogen (secondary N) is 2. The van der Waals surface area contributed by atoms with Gasteiger partial charge in [0.15, 0.2) is 0 Å². The number of carbonyl (C=O) groups is 1. The van der Waals surface area contributed by atoms with Crippen LogP contribution in [0.2, 0.25) is 0 Å². The maximum Gasteiger partial charge on any atom is 0.228 e. The lowest BCUT2D eigenvalue weighted by molar-refractivity contribution is -0.115. The third-order valence-electron chi connectivity index (χ3n) is 4.10. The molecule has 1 aliphatic rings. The maximum atomic E-state index is 12.1. The molecule has 0 atom stereocenters. The second kappa shape index (κ2) is 6.65. The highest BCUT2D eigenvalue weighted by molar-refractivity contribution is 5.98. The summed E-state index contributed by atoms with van der Waals surface area (Å²) in [6.07, 6.45) is 2.25. The molecule has 1 fully saturated rings. The van der Waals surface area contributed by atoms with Crippen LogP contribution in [0, 0.1) is 12.3 Å². The van der Waals surface area contributed by atoms with Crippen molar-refractivity contribution in [3.05, 3.63) is 59.7 Å². The van der Waals surface area contributed by atoms with Crippen LogP contribution >= 0.6 is 0 Å². The number of aryl methyl sites for hydroxylation is 1. The van der Waals surface area contributed by atoms with E-state index in [0.717, 1.165) is 41.9 Å². The summed E-state index contributed by atoms with van der Waals surface area (Å²) >= 11 is 0. The van der Waals surface area contributed by atoms with E-state index in [-0.39, 0.29) is 5.91 Å². The van der Waals surface area contributed by atoms with Crippen LogP contribution < -0.4 is 10.2 Å². The van der Waals surface area contributed by atoms with Crippen molar-refractivity contribution in [2.24, 2.45) is 0 Å². The van der Waals surface area contributed by atoms with Gasteiger partial charge in [-0.05, 0) is 42.7 Å². The number of hydrogen-bond acceptors (Lipinski definition) is 2. The smallest absolute Gasteiger partial charge is 0.228 e. The summed E-state index contributed by atoms with van der Waals surface area (Å²) in [6, 6.07) is 15.6. The topological polar surface area (TPSA) is 56.2 Å². The fourth-order valence-electron chi connectivity index (χ4n) is 2.96. The van der Waals surface area contributed by atoms with E-state index in [1.165, 1.54) is 0 Å². The first-order chi connectivity index (χ1) is 11.1. The number of amides is 1. The zero-order valence-electron chi connectivity index (χ0n) is 13.3. The van der Waals surface area contributed by atoms with Crippen LogP contribution in [0.4, 0.5) is 11.4 Å². The number of benzene rings is 2. The average Bonchev–Trinajstić information content (AvgIpc) is 2.94. The zero-order chi connectivity index (χ0) is 16.2. The Morgan fingerprint density at radius 1 is 1.22 bits per heavy atom. The Kier molecular flexibility index (Phi) is 4.42. The van der Waals surface area contributed by atoms with Crippen molar-refractivity contribution in [1.29, 1.82) is 5.41 Å². The number of rotatable bonds is 4. The molecule has 23 heavy (non-hydrogen) atoms. The van der Waals surface area contributed by atoms with Gasteiger partial charge in [0.2, 0.25) is 5.91 Å². The van der Waals surface area contributed by atoms with Gasteiger partial charge in [-0.15, -0.1) is 0 Å². The molecule has 4 nitrogen and oxygen atoms in total. The average molecular weight is 307 g/mol. The SMILES string of the molecule is Cc1cc(NC(=O)Cc2ccccc2)ccc1N1CCCC1=N. The van der Waals surface area contributed by atoms with Crippen molar-refractivity contribution in [2.45, 2.75) is 26.2 Å². The van der Waals surface area contributed by atoms with E-state index in [2.05, 4.69) is 5.32 Å². The predicted molar refractivity (Wildman–Crippen MR) is 94.3 cm³/mol. The summed E-state index contributed by atoms with van der Waals surface area (Å²) < 4.78 is 0. The second-order valence-corrected chi connectivity index (χ2v) is 5.91. The Balaban J connectivity index is 1.68. The predicted octanol–water partition coefficient (Wildman–Crippen LogP) is 3.75. The fourth-order valence-corrected chi connectivity index (χ4v) is 2.96. The Morgan fingerprint density at radius 3 is 2.65 bits per heavy atom. The first-order valence-electron chi connectivity index (χ1n) is 7.93. The summed E-state index contributed by atoms with van der Waals surface area (Å²) in [5.41, 5.74) is 3.95. The van der Waals surface area contributed by atoms with Gasteiger partial charge in [-0.3, -0.25) is 10.2 Å². The first-order valence-corrected chi connectivity index (χ1v) is 7.93. The Bertz CT molecular complexity index is 725. The molecule has 2 N–H and O–H groups in total. The molecular weight excluding hydrogens is 286 g/mol. The monoisotopic (exact) mass is 307 g/mol. The molecule has 0 radical (unpaired) electrons. The maximum absolute atomic E-state index is 12.1. The number of nitrogens with zero attached hydrogens (tertiary/aromatic N) is 1. The van der Waals surface area contributed by atoms with Crippen LogP contribution in [0.3, 0.4) is 0 Å². The fraction of sp³-hybridized carbons (Fsp3) is 0.263. The van der Waals surface area contributed by atoms with Crippen LogP contribution in [0.15, 0.2) is 48.5 Å². The third-order valence-corrected chi connectivity index (χ3v) is 4.10. The largest absolute Gasteiger partial charge is 0.330 e. The molecule has 0 spiro atoms. The Labute approximate surface area is 136 Å². The van der Waals surface area contributed by atoms with Gasteiger partial charge in [-0.2, -0.15) is 0 Å². The normalized spacial score (nSPS) is 14.1. The minimum Gasteiger partial charge on any atom is -0.330 e. The van der Waals surface area contributed by atoms with Crippen molar-refractivity contribution in [2.75, 3.05) is 16.8 Å². The van der Waals surface area contributed by atoms with Gasteiger partial charge in [0.25, 0.3) is 0 Å². The summed E-state index contributed by atoms with van der Waals surface area (Å²) in [5, 5.41) is 10.9. The summed E-state index contributed by atoms with van der Waals surface area (Å²) in [6.45, 7) is 2.92. The number of carbonyl (C=O) groups excluding carboxylic acids is 1. The molecule has 4 heteroatoms. The zero-order valence-corrected chi connectivity index (χ0v) is 13.3. The molecule has 0 aliphatic carbocycles. The Hall–Kier alpha value is -2.62. The van der Waals surface area contributed by atoms with Crippen molar-refractivity contribution in [1.82, 2.24) is 0 Å². The van der Waals surface area contributed by atoms with Crippen LogP contribution in [-0.2, 0) is 11.2 Å².